The first-order valence-corrected chi connectivity index (χ1v) is 7.37. The van der Waals surface area contributed by atoms with Gasteiger partial charge in [-0.3, -0.25) is 9.59 Å². The van der Waals surface area contributed by atoms with Crippen molar-refractivity contribution in [2.24, 2.45) is 0 Å². The first-order valence-electron chi connectivity index (χ1n) is 7.37. The van der Waals surface area contributed by atoms with Gasteiger partial charge in [-0.2, -0.15) is 0 Å². The molecule has 0 aliphatic carbocycles. The van der Waals surface area contributed by atoms with Gasteiger partial charge in [-0.1, -0.05) is 45.0 Å². The Bertz CT molecular complexity index is 737. The van der Waals surface area contributed by atoms with E-state index in [9.17, 15) is 19.8 Å². The number of phenolic OH excluding ortho intramolecular Hbond substituents is 2. The quantitative estimate of drug-likeness (QED) is 0.664. The molecule has 2 rings (SSSR count). The highest BCUT2D eigenvalue weighted by Crippen LogP contribution is 2.25. The van der Waals surface area contributed by atoms with Crippen LogP contribution in [0.4, 0.5) is 0 Å². The van der Waals surface area contributed by atoms with Gasteiger partial charge in [-0.05, 0) is 23.1 Å². The molecule has 0 radical (unpaired) electrons. The molecule has 0 aliphatic rings. The summed E-state index contributed by atoms with van der Waals surface area (Å²) >= 11 is 0. The first kappa shape index (κ1) is 16.7. The zero-order chi connectivity index (χ0) is 17.2. The molecule has 2 N–H and O–H groups in total. The van der Waals surface area contributed by atoms with Crippen LogP contribution in [-0.4, -0.2) is 21.8 Å². The number of hydrogen-bond acceptors (Lipinski definition) is 4. The van der Waals surface area contributed by atoms with E-state index >= 15 is 0 Å². The topological polar surface area (TPSA) is 74.6 Å². The number of rotatable bonds is 4. The third-order valence-corrected chi connectivity index (χ3v) is 3.68. The highest BCUT2D eigenvalue weighted by atomic mass is 16.3. The molecule has 0 heterocycles. The number of aromatic hydroxyl groups is 2. The molecule has 0 aromatic heterocycles. The number of carbonyl (C=O) groups excluding carboxylic acids is 2. The van der Waals surface area contributed by atoms with Gasteiger partial charge in [0.15, 0.2) is 11.6 Å². The molecular formula is C19H20O4. The van der Waals surface area contributed by atoms with Crippen LogP contribution in [0.5, 0.6) is 11.5 Å². The lowest BCUT2D eigenvalue weighted by Gasteiger charge is -2.18. The van der Waals surface area contributed by atoms with Crippen molar-refractivity contribution in [3.8, 4) is 11.5 Å². The second-order valence-electron chi connectivity index (χ2n) is 6.55. The van der Waals surface area contributed by atoms with Crippen molar-refractivity contribution in [1.82, 2.24) is 0 Å². The smallest absolute Gasteiger partial charge is 0.174 e. The van der Waals surface area contributed by atoms with E-state index in [2.05, 4.69) is 20.8 Å². The van der Waals surface area contributed by atoms with Crippen LogP contribution >= 0.6 is 0 Å². The molecule has 0 bridgehead atoms. The van der Waals surface area contributed by atoms with Crippen LogP contribution in [-0.2, 0) is 5.41 Å². The third-order valence-electron chi connectivity index (χ3n) is 3.68. The van der Waals surface area contributed by atoms with Crippen molar-refractivity contribution in [3.05, 3.63) is 59.2 Å². The second kappa shape index (κ2) is 6.24. The highest BCUT2D eigenvalue weighted by molar-refractivity contribution is 6.14. The summed E-state index contributed by atoms with van der Waals surface area (Å²) in [4.78, 5) is 24.3. The lowest BCUT2D eigenvalue weighted by atomic mass is 9.86. The molecular weight excluding hydrogens is 292 g/mol. The van der Waals surface area contributed by atoms with Gasteiger partial charge in [0.2, 0.25) is 0 Å². The summed E-state index contributed by atoms with van der Waals surface area (Å²) in [5, 5.41) is 18.9. The van der Waals surface area contributed by atoms with E-state index in [1.807, 2.05) is 12.1 Å². The summed E-state index contributed by atoms with van der Waals surface area (Å²) in [6.07, 6.45) is -0.326. The predicted molar refractivity (Wildman–Crippen MR) is 88.2 cm³/mol. The van der Waals surface area contributed by atoms with Gasteiger partial charge in [0.05, 0.1) is 12.0 Å². The Labute approximate surface area is 135 Å². The molecule has 0 unspecified atom stereocenters. The monoisotopic (exact) mass is 312 g/mol. The van der Waals surface area contributed by atoms with Gasteiger partial charge >= 0.3 is 0 Å². The minimum Gasteiger partial charge on any atom is -0.508 e. The van der Waals surface area contributed by atoms with Gasteiger partial charge in [-0.15, -0.1) is 0 Å². The maximum atomic E-state index is 12.2. The fourth-order valence-electron chi connectivity index (χ4n) is 2.26. The number of benzene rings is 2. The van der Waals surface area contributed by atoms with Crippen molar-refractivity contribution < 1.29 is 19.8 Å². The Hall–Kier alpha value is -2.62. The Morgan fingerprint density at radius 2 is 1.52 bits per heavy atom. The molecule has 0 fully saturated rings. The summed E-state index contributed by atoms with van der Waals surface area (Å²) in [5.41, 5.74) is 1.60. The second-order valence-corrected chi connectivity index (χ2v) is 6.55. The molecule has 0 spiro atoms. The van der Waals surface area contributed by atoms with E-state index in [1.165, 1.54) is 12.1 Å². The van der Waals surface area contributed by atoms with Gasteiger partial charge in [-0.25, -0.2) is 0 Å². The third kappa shape index (κ3) is 3.97. The van der Waals surface area contributed by atoms with Crippen molar-refractivity contribution >= 4 is 11.6 Å². The van der Waals surface area contributed by atoms with Crippen LogP contribution in [0.3, 0.4) is 0 Å². The maximum Gasteiger partial charge on any atom is 0.174 e. The molecule has 120 valence electrons. The van der Waals surface area contributed by atoms with Crippen LogP contribution in [0.25, 0.3) is 0 Å². The number of carbonyl (C=O) groups is 2. The molecule has 2 aromatic rings. The normalized spacial score (nSPS) is 11.3. The van der Waals surface area contributed by atoms with Crippen LogP contribution in [0.1, 0.15) is 53.5 Å². The zero-order valence-electron chi connectivity index (χ0n) is 13.5. The van der Waals surface area contributed by atoms with E-state index in [4.69, 9.17) is 0 Å². The van der Waals surface area contributed by atoms with E-state index < -0.39 is 5.78 Å². The molecule has 0 atom stereocenters. The molecule has 2 aromatic carbocycles. The Balaban J connectivity index is 2.14. The fourth-order valence-corrected chi connectivity index (χ4v) is 2.26. The average molecular weight is 312 g/mol. The molecule has 0 saturated carbocycles. The van der Waals surface area contributed by atoms with Crippen molar-refractivity contribution in [3.63, 3.8) is 0 Å². The standard InChI is InChI=1S/C19H20O4/c1-19(2,3)13-6-4-12(5-7-13)16(21)11-18(23)15-9-8-14(20)10-17(15)22/h4-10,20,22H,11H2,1-3H3. The highest BCUT2D eigenvalue weighted by Gasteiger charge is 2.18. The lowest BCUT2D eigenvalue weighted by molar-refractivity contribution is 0.0893. The van der Waals surface area contributed by atoms with Gasteiger partial charge < -0.3 is 10.2 Å². The minimum atomic E-state index is -0.479. The maximum absolute atomic E-state index is 12.2. The van der Waals surface area contributed by atoms with Gasteiger partial charge in [0.25, 0.3) is 0 Å². The Morgan fingerprint density at radius 1 is 0.913 bits per heavy atom. The predicted octanol–water partition coefficient (Wildman–Crippen LogP) is 3.85. The number of phenols is 2. The number of ketones is 2. The van der Waals surface area contributed by atoms with Gasteiger partial charge in [0, 0.05) is 11.6 Å². The van der Waals surface area contributed by atoms with E-state index in [1.54, 1.807) is 12.1 Å². The SMILES string of the molecule is CC(C)(C)c1ccc(C(=O)CC(=O)c2ccc(O)cc2O)cc1. The van der Waals surface area contributed by atoms with Gasteiger partial charge in [0.1, 0.15) is 11.5 Å². The average Bonchev–Trinajstić information content (AvgIpc) is 2.46. The Morgan fingerprint density at radius 3 is 2.04 bits per heavy atom. The zero-order valence-corrected chi connectivity index (χ0v) is 13.5. The molecule has 23 heavy (non-hydrogen) atoms. The van der Waals surface area contributed by atoms with Crippen LogP contribution in [0, 0.1) is 0 Å². The van der Waals surface area contributed by atoms with E-state index in [-0.39, 0.29) is 34.7 Å². The summed E-state index contributed by atoms with van der Waals surface area (Å²) in [5.74, 6) is -1.25. The molecule has 4 heteroatoms. The molecule has 0 amide bonds. The first-order chi connectivity index (χ1) is 10.7. The summed E-state index contributed by atoms with van der Waals surface area (Å²) in [7, 11) is 0. The minimum absolute atomic E-state index is 0.00473. The molecule has 0 saturated heterocycles. The van der Waals surface area contributed by atoms with Crippen molar-refractivity contribution in [2.45, 2.75) is 32.6 Å². The van der Waals surface area contributed by atoms with E-state index in [0.717, 1.165) is 11.6 Å². The molecule has 0 aliphatic heterocycles. The Kier molecular flexibility index (Phi) is 4.55. The largest absolute Gasteiger partial charge is 0.508 e. The lowest BCUT2D eigenvalue weighted by Crippen LogP contribution is -2.12. The number of hydrogen-bond donors (Lipinski definition) is 2. The van der Waals surface area contributed by atoms with Crippen LogP contribution in [0.15, 0.2) is 42.5 Å². The van der Waals surface area contributed by atoms with Crippen LogP contribution < -0.4 is 0 Å². The molecule has 4 nitrogen and oxygen atoms in total. The van der Waals surface area contributed by atoms with Crippen molar-refractivity contribution in [1.29, 1.82) is 0 Å². The number of Topliss-reactive ketones (excluding diaryl/α,β-unsaturated/α-hetero) is 2. The summed E-state index contributed by atoms with van der Waals surface area (Å²) < 4.78 is 0. The fraction of sp³-hybridized carbons (Fsp3) is 0.263. The summed E-state index contributed by atoms with van der Waals surface area (Å²) in [6.45, 7) is 6.25. The van der Waals surface area contributed by atoms with Crippen molar-refractivity contribution in [2.75, 3.05) is 0 Å². The van der Waals surface area contributed by atoms with Crippen LogP contribution in [0.2, 0.25) is 0 Å². The summed E-state index contributed by atoms with van der Waals surface area (Å²) in [6, 6.07) is 10.9. The van der Waals surface area contributed by atoms with E-state index in [0.29, 0.717) is 5.56 Å².